The third kappa shape index (κ3) is 3.98. The minimum Gasteiger partial charge on any atom is -0.473 e. The van der Waals surface area contributed by atoms with E-state index >= 15 is 0 Å². The van der Waals surface area contributed by atoms with E-state index in [4.69, 9.17) is 5.11 Å². The van der Waals surface area contributed by atoms with Gasteiger partial charge in [0.05, 0.1) is 0 Å². The molecule has 1 atom stereocenters. The zero-order valence-electron chi connectivity index (χ0n) is 6.25. The number of carbonyl (C=O) groups excluding carboxylic acids is 1. The highest BCUT2D eigenvalue weighted by atomic mass is 16.6. The predicted molar refractivity (Wildman–Crippen MR) is 36.6 cm³/mol. The van der Waals surface area contributed by atoms with Gasteiger partial charge in [-0.2, -0.15) is 0 Å². The van der Waals surface area contributed by atoms with Crippen molar-refractivity contribution in [2.24, 2.45) is 0 Å². The van der Waals surface area contributed by atoms with E-state index in [1.165, 1.54) is 6.92 Å². The van der Waals surface area contributed by atoms with Gasteiger partial charge in [0.1, 0.15) is 0 Å². The van der Waals surface area contributed by atoms with Crippen LogP contribution >= 0.6 is 0 Å². The molecule has 0 bridgehead atoms. The standard InChI is InChI=1S/C7H8O4/c1-3-4-5(2)11-7(10)6(8)9/h5H,1-2H3,(H,8,9). The van der Waals surface area contributed by atoms with Gasteiger partial charge in [0, 0.05) is 0 Å². The summed E-state index contributed by atoms with van der Waals surface area (Å²) in [5, 5.41) is 8.08. The first-order valence-corrected chi connectivity index (χ1v) is 2.94. The summed E-state index contributed by atoms with van der Waals surface area (Å²) in [5.74, 6) is 2.09. The van der Waals surface area contributed by atoms with Crippen LogP contribution in [0.2, 0.25) is 0 Å². The van der Waals surface area contributed by atoms with E-state index in [0.717, 1.165) is 0 Å². The normalized spacial score (nSPS) is 10.7. The molecule has 0 rings (SSSR count). The van der Waals surface area contributed by atoms with Crippen LogP contribution in [-0.2, 0) is 14.3 Å². The summed E-state index contributed by atoms with van der Waals surface area (Å²) in [6.45, 7) is 3.07. The van der Waals surface area contributed by atoms with Crippen LogP contribution in [0.25, 0.3) is 0 Å². The van der Waals surface area contributed by atoms with Crippen molar-refractivity contribution in [2.75, 3.05) is 0 Å². The maximum atomic E-state index is 10.3. The summed E-state index contributed by atoms with van der Waals surface area (Å²) in [6, 6.07) is 0. The van der Waals surface area contributed by atoms with Gasteiger partial charge >= 0.3 is 11.9 Å². The molecule has 11 heavy (non-hydrogen) atoms. The molecule has 1 unspecified atom stereocenters. The Balaban J connectivity index is 3.92. The first kappa shape index (κ1) is 9.50. The molecule has 0 aliphatic carbocycles. The van der Waals surface area contributed by atoms with E-state index in [9.17, 15) is 9.59 Å². The molecule has 0 aliphatic rings. The Labute approximate surface area is 64.2 Å². The van der Waals surface area contributed by atoms with Gasteiger partial charge in [0.25, 0.3) is 0 Å². The number of carboxylic acid groups (broad SMARTS) is 1. The predicted octanol–water partition coefficient (Wildman–Crippen LogP) is 0.0260. The second kappa shape index (κ2) is 4.34. The Morgan fingerprint density at radius 1 is 1.55 bits per heavy atom. The van der Waals surface area contributed by atoms with Crippen molar-refractivity contribution < 1.29 is 19.4 Å². The molecule has 0 aromatic heterocycles. The zero-order chi connectivity index (χ0) is 8.85. The van der Waals surface area contributed by atoms with Crippen molar-refractivity contribution >= 4 is 11.9 Å². The molecule has 4 nitrogen and oxygen atoms in total. The molecule has 0 saturated carbocycles. The third-order valence-corrected chi connectivity index (χ3v) is 0.806. The minimum absolute atomic E-state index is 0.663. The van der Waals surface area contributed by atoms with E-state index in [0.29, 0.717) is 0 Å². The molecule has 0 spiro atoms. The van der Waals surface area contributed by atoms with E-state index in [2.05, 4.69) is 16.6 Å². The van der Waals surface area contributed by atoms with Gasteiger partial charge in [-0.1, -0.05) is 5.92 Å². The topological polar surface area (TPSA) is 63.6 Å². The molecule has 0 amide bonds. The highest BCUT2D eigenvalue weighted by Crippen LogP contribution is 1.88. The molecule has 0 aliphatic heterocycles. The Kier molecular flexibility index (Phi) is 3.75. The molecule has 60 valence electrons. The third-order valence-electron chi connectivity index (χ3n) is 0.806. The van der Waals surface area contributed by atoms with Gasteiger partial charge in [-0.05, 0) is 13.8 Å². The van der Waals surface area contributed by atoms with Gasteiger partial charge in [0.15, 0.2) is 6.10 Å². The largest absolute Gasteiger partial charge is 0.473 e. The van der Waals surface area contributed by atoms with Gasteiger partial charge < -0.3 is 9.84 Å². The number of aliphatic carboxylic acids is 1. The second-order valence-electron chi connectivity index (χ2n) is 1.75. The monoisotopic (exact) mass is 156 g/mol. The van der Waals surface area contributed by atoms with Gasteiger partial charge in [-0.25, -0.2) is 9.59 Å². The molecule has 0 aromatic rings. The van der Waals surface area contributed by atoms with Crippen molar-refractivity contribution in [3.8, 4) is 11.8 Å². The molecule has 0 fully saturated rings. The number of hydrogen-bond acceptors (Lipinski definition) is 3. The zero-order valence-corrected chi connectivity index (χ0v) is 6.25. The lowest BCUT2D eigenvalue weighted by Gasteiger charge is -2.02. The van der Waals surface area contributed by atoms with Crippen molar-refractivity contribution in [3.63, 3.8) is 0 Å². The first-order chi connectivity index (χ1) is 5.07. The lowest BCUT2D eigenvalue weighted by molar-refractivity contribution is -0.165. The Hall–Kier alpha value is -1.50. The summed E-state index contributed by atoms with van der Waals surface area (Å²) in [7, 11) is 0. The lowest BCUT2D eigenvalue weighted by Crippen LogP contribution is -2.21. The van der Waals surface area contributed by atoms with Crippen LogP contribution in [0.3, 0.4) is 0 Å². The summed E-state index contributed by atoms with van der Waals surface area (Å²) in [5.41, 5.74) is 0. The van der Waals surface area contributed by atoms with Crippen LogP contribution in [0.4, 0.5) is 0 Å². The smallest absolute Gasteiger partial charge is 0.418 e. The maximum Gasteiger partial charge on any atom is 0.418 e. The molecule has 4 heteroatoms. The fraction of sp³-hybridized carbons (Fsp3) is 0.429. The first-order valence-electron chi connectivity index (χ1n) is 2.94. The number of carbonyl (C=O) groups is 2. The van der Waals surface area contributed by atoms with E-state index in [1.54, 1.807) is 6.92 Å². The Morgan fingerprint density at radius 3 is 2.45 bits per heavy atom. The van der Waals surface area contributed by atoms with Crippen LogP contribution in [0, 0.1) is 11.8 Å². The van der Waals surface area contributed by atoms with Crippen LogP contribution < -0.4 is 0 Å². The number of ether oxygens (including phenoxy) is 1. The highest BCUT2D eigenvalue weighted by molar-refractivity contribution is 6.28. The Morgan fingerprint density at radius 2 is 2.09 bits per heavy atom. The van der Waals surface area contributed by atoms with Crippen molar-refractivity contribution in [1.82, 2.24) is 0 Å². The van der Waals surface area contributed by atoms with Gasteiger partial charge in [-0.3, -0.25) is 0 Å². The quantitative estimate of drug-likeness (QED) is 0.330. The highest BCUT2D eigenvalue weighted by Gasteiger charge is 2.14. The average molecular weight is 156 g/mol. The molecule has 0 heterocycles. The summed E-state index contributed by atoms with van der Waals surface area (Å²) < 4.78 is 4.34. The number of carboxylic acids is 1. The van der Waals surface area contributed by atoms with Crippen molar-refractivity contribution in [2.45, 2.75) is 20.0 Å². The van der Waals surface area contributed by atoms with Crippen molar-refractivity contribution in [3.05, 3.63) is 0 Å². The second-order valence-corrected chi connectivity index (χ2v) is 1.75. The minimum atomic E-state index is -1.60. The molecule has 0 aromatic carbocycles. The summed E-state index contributed by atoms with van der Waals surface area (Å²) in [4.78, 5) is 20.3. The van der Waals surface area contributed by atoms with E-state index in [1.807, 2.05) is 0 Å². The van der Waals surface area contributed by atoms with Crippen LogP contribution in [0.15, 0.2) is 0 Å². The summed E-state index contributed by atoms with van der Waals surface area (Å²) in [6.07, 6.45) is -0.663. The average Bonchev–Trinajstić information content (AvgIpc) is 1.87. The SMILES string of the molecule is CC#CC(C)OC(=O)C(=O)O. The van der Waals surface area contributed by atoms with E-state index < -0.39 is 18.0 Å². The van der Waals surface area contributed by atoms with Crippen molar-refractivity contribution in [1.29, 1.82) is 0 Å². The van der Waals surface area contributed by atoms with Gasteiger partial charge in [-0.15, -0.1) is 5.92 Å². The molecule has 1 N–H and O–H groups in total. The lowest BCUT2D eigenvalue weighted by atomic mass is 10.4. The van der Waals surface area contributed by atoms with Crippen LogP contribution in [-0.4, -0.2) is 23.1 Å². The summed E-state index contributed by atoms with van der Waals surface area (Å²) >= 11 is 0. The number of rotatable bonds is 1. The maximum absolute atomic E-state index is 10.3. The number of hydrogen-bond donors (Lipinski definition) is 1. The molecule has 0 saturated heterocycles. The molecule has 0 radical (unpaired) electrons. The fourth-order valence-electron chi connectivity index (χ4n) is 0.444. The Bertz CT molecular complexity index is 220. The molecular weight excluding hydrogens is 148 g/mol. The van der Waals surface area contributed by atoms with E-state index in [-0.39, 0.29) is 0 Å². The van der Waals surface area contributed by atoms with Crippen LogP contribution in [0.5, 0.6) is 0 Å². The van der Waals surface area contributed by atoms with Crippen LogP contribution in [0.1, 0.15) is 13.8 Å². The molecular formula is C7H8O4. The number of esters is 1. The van der Waals surface area contributed by atoms with Gasteiger partial charge in [0.2, 0.25) is 0 Å². The fourth-order valence-corrected chi connectivity index (χ4v) is 0.444.